The lowest BCUT2D eigenvalue weighted by Crippen LogP contribution is -2.57. The monoisotopic (exact) mass is 671 g/mol. The Morgan fingerprint density at radius 1 is 0.857 bits per heavy atom. The van der Waals surface area contributed by atoms with Crippen LogP contribution in [0.4, 0.5) is 0 Å². The molecule has 4 saturated heterocycles. The molecule has 1 aromatic rings. The molecular weight excluding hydrogens is 613 g/mol. The molecule has 1 aliphatic carbocycles. The predicted octanol–water partition coefficient (Wildman–Crippen LogP) is 3.43. The van der Waals surface area contributed by atoms with E-state index in [-0.39, 0.29) is 30.4 Å². The van der Waals surface area contributed by atoms with Gasteiger partial charge >= 0.3 is 0 Å². The third-order valence-electron chi connectivity index (χ3n) is 12.3. The smallest absolute Gasteiger partial charge is 0.268 e. The molecule has 3 amide bonds. The summed E-state index contributed by atoms with van der Waals surface area (Å²) in [7, 11) is 2.12. The van der Waals surface area contributed by atoms with E-state index >= 15 is 0 Å². The van der Waals surface area contributed by atoms with Gasteiger partial charge in [-0.25, -0.2) is 5.26 Å². The van der Waals surface area contributed by atoms with Gasteiger partial charge < -0.3 is 20.0 Å². The van der Waals surface area contributed by atoms with Crippen molar-refractivity contribution >= 4 is 24.4 Å². The molecule has 49 heavy (non-hydrogen) atoms. The van der Waals surface area contributed by atoms with Crippen LogP contribution in [0.25, 0.3) is 0 Å². The number of nitriles is 1. The molecule has 5 aliphatic rings. The molecule has 4 aliphatic heterocycles. The SMILES string of the molecule is CN1CCN(C(=O)CN2CCC(CN3CCN(C(=O)C(NC(=O)c4cccc(C5CCCB(C#N)C5)c4)C4CCCCC4)CC3)CC2)CC1. The molecule has 266 valence electrons. The molecule has 4 heterocycles. The summed E-state index contributed by atoms with van der Waals surface area (Å²) in [6, 6.07) is 7.41. The summed E-state index contributed by atoms with van der Waals surface area (Å²) < 4.78 is 0. The van der Waals surface area contributed by atoms with E-state index in [1.54, 1.807) is 0 Å². The van der Waals surface area contributed by atoms with Crippen LogP contribution < -0.4 is 5.32 Å². The van der Waals surface area contributed by atoms with Crippen LogP contribution in [0.2, 0.25) is 12.6 Å². The van der Waals surface area contributed by atoms with Crippen molar-refractivity contribution in [1.29, 1.82) is 5.26 Å². The van der Waals surface area contributed by atoms with Crippen LogP contribution in [0.1, 0.15) is 79.6 Å². The number of nitrogens with zero attached hydrogens (tertiary/aromatic N) is 6. The van der Waals surface area contributed by atoms with Gasteiger partial charge in [-0.15, -0.1) is 0 Å². The number of piperazine rings is 2. The highest BCUT2D eigenvalue weighted by atomic mass is 16.2. The zero-order chi connectivity index (χ0) is 34.2. The van der Waals surface area contributed by atoms with Crippen molar-refractivity contribution in [2.75, 3.05) is 85.6 Å². The van der Waals surface area contributed by atoms with Crippen LogP contribution in [0.3, 0.4) is 0 Å². The highest BCUT2D eigenvalue weighted by Gasteiger charge is 2.36. The zero-order valence-electron chi connectivity index (χ0n) is 29.9. The second kappa shape index (κ2) is 17.3. The molecule has 0 radical (unpaired) electrons. The van der Waals surface area contributed by atoms with E-state index in [1.807, 2.05) is 28.0 Å². The minimum atomic E-state index is -0.487. The van der Waals surface area contributed by atoms with Gasteiger partial charge in [0.1, 0.15) is 6.04 Å². The zero-order valence-corrected chi connectivity index (χ0v) is 29.9. The maximum atomic E-state index is 14.1. The fourth-order valence-corrected chi connectivity index (χ4v) is 9.00. The highest BCUT2D eigenvalue weighted by Crippen LogP contribution is 2.34. The first-order valence-electron chi connectivity index (χ1n) is 19.4. The van der Waals surface area contributed by atoms with E-state index in [1.165, 1.54) is 6.42 Å². The lowest BCUT2D eigenvalue weighted by atomic mass is 9.40. The van der Waals surface area contributed by atoms with Crippen molar-refractivity contribution in [3.05, 3.63) is 35.4 Å². The third-order valence-corrected chi connectivity index (χ3v) is 12.3. The quantitative estimate of drug-likeness (QED) is 0.402. The van der Waals surface area contributed by atoms with Crippen molar-refractivity contribution in [3.63, 3.8) is 0 Å². The van der Waals surface area contributed by atoms with Crippen LogP contribution in [0.15, 0.2) is 24.3 Å². The Morgan fingerprint density at radius 3 is 2.29 bits per heavy atom. The molecule has 2 unspecified atom stereocenters. The number of hydrogen-bond acceptors (Lipinski definition) is 7. The molecule has 1 aromatic carbocycles. The van der Waals surface area contributed by atoms with Crippen molar-refractivity contribution in [1.82, 2.24) is 29.8 Å². The average Bonchev–Trinajstić information content (AvgIpc) is 3.15. The number of likely N-dealkylation sites (tertiary alicyclic amines) is 1. The summed E-state index contributed by atoms with van der Waals surface area (Å²) in [5.74, 6) is 3.76. The van der Waals surface area contributed by atoms with Gasteiger partial charge in [-0.3, -0.25) is 24.2 Å². The maximum Gasteiger partial charge on any atom is 0.268 e. The fourth-order valence-electron chi connectivity index (χ4n) is 9.00. The van der Waals surface area contributed by atoms with Gasteiger partial charge in [0.25, 0.3) is 12.6 Å². The number of piperidine rings is 1. The van der Waals surface area contributed by atoms with E-state index < -0.39 is 6.04 Å². The Bertz CT molecular complexity index is 1310. The normalized spacial score (nSPS) is 24.7. The van der Waals surface area contributed by atoms with Crippen LogP contribution >= 0.6 is 0 Å². The van der Waals surface area contributed by atoms with Crippen LogP contribution in [-0.4, -0.2) is 141 Å². The van der Waals surface area contributed by atoms with Crippen LogP contribution in [0, 0.1) is 23.1 Å². The standard InChI is InChI=1S/C38H58BN7O3/c1-42-17-21-45(22-18-42)35(47)28-43-15-12-30(13-16-43)27-44-19-23-46(24-20-44)38(49)36(31-7-3-2-4-8-31)41-37(48)33-10-5-9-32(25-33)34-11-6-14-39(26-34)29-40/h5,9-10,25,30-31,34,36H,2-4,6-8,11-24,26-28H2,1H3,(H,41,48). The number of nitrogens with one attached hydrogen (secondary N) is 1. The molecule has 11 heteroatoms. The van der Waals surface area contributed by atoms with Gasteiger partial charge in [-0.2, -0.15) is 0 Å². The molecule has 6 rings (SSSR count). The van der Waals surface area contributed by atoms with Crippen molar-refractivity contribution in [2.24, 2.45) is 11.8 Å². The number of likely N-dealkylation sites (N-methyl/N-ethyl adjacent to an activating group) is 1. The molecule has 1 saturated carbocycles. The molecule has 5 fully saturated rings. The maximum absolute atomic E-state index is 14.1. The van der Waals surface area contributed by atoms with Crippen LogP contribution in [-0.2, 0) is 9.59 Å². The van der Waals surface area contributed by atoms with Gasteiger partial charge in [-0.05, 0) is 87.7 Å². The first kappa shape index (κ1) is 35.9. The number of amides is 3. The number of benzene rings is 1. The summed E-state index contributed by atoms with van der Waals surface area (Å²) in [6.07, 6.45) is 11.5. The summed E-state index contributed by atoms with van der Waals surface area (Å²) in [5.41, 5.74) is 1.75. The second-order valence-electron chi connectivity index (χ2n) is 15.7. The summed E-state index contributed by atoms with van der Waals surface area (Å²) >= 11 is 0. The fraction of sp³-hybridized carbons (Fsp3) is 0.737. The van der Waals surface area contributed by atoms with E-state index in [9.17, 15) is 19.6 Å². The van der Waals surface area contributed by atoms with Crippen molar-refractivity contribution in [2.45, 2.75) is 82.4 Å². The molecule has 10 nitrogen and oxygen atoms in total. The molecule has 0 bridgehead atoms. The Hall–Kier alpha value is -2.94. The van der Waals surface area contributed by atoms with Gasteiger partial charge in [0.2, 0.25) is 11.8 Å². The summed E-state index contributed by atoms with van der Waals surface area (Å²) in [4.78, 5) is 51.8. The molecule has 2 atom stereocenters. The summed E-state index contributed by atoms with van der Waals surface area (Å²) in [6.45, 7) is 10.4. The summed E-state index contributed by atoms with van der Waals surface area (Å²) in [5, 5.41) is 12.7. The minimum Gasteiger partial charge on any atom is -0.340 e. The topological polar surface area (TPSA) is 103 Å². The first-order valence-corrected chi connectivity index (χ1v) is 19.4. The molecular formula is C38H58BN7O3. The average molecular weight is 672 g/mol. The van der Waals surface area contributed by atoms with E-state index in [0.29, 0.717) is 37.0 Å². The first-order chi connectivity index (χ1) is 23.9. The second-order valence-corrected chi connectivity index (χ2v) is 15.7. The largest absolute Gasteiger partial charge is 0.340 e. The lowest BCUT2D eigenvalue weighted by molar-refractivity contribution is -0.137. The number of carbonyl (C=O) groups is 3. The molecule has 1 N–H and O–H groups in total. The van der Waals surface area contributed by atoms with Gasteiger partial charge in [0.05, 0.1) is 6.54 Å². The highest BCUT2D eigenvalue weighted by molar-refractivity contribution is 6.67. The van der Waals surface area contributed by atoms with E-state index in [0.717, 1.165) is 128 Å². The third kappa shape index (κ3) is 9.65. The van der Waals surface area contributed by atoms with Gasteiger partial charge in [0, 0.05) is 70.4 Å². The Labute approximate surface area is 294 Å². The lowest BCUT2D eigenvalue weighted by Gasteiger charge is -2.41. The van der Waals surface area contributed by atoms with Gasteiger partial charge in [0.15, 0.2) is 0 Å². The minimum absolute atomic E-state index is 0.0820. The Balaban J connectivity index is 0.982. The number of carbonyl (C=O) groups excluding carboxylic acids is 3. The Kier molecular flexibility index (Phi) is 12.7. The van der Waals surface area contributed by atoms with Crippen LogP contribution in [0.5, 0.6) is 0 Å². The van der Waals surface area contributed by atoms with E-state index in [2.05, 4.69) is 39.1 Å². The van der Waals surface area contributed by atoms with E-state index in [4.69, 9.17) is 0 Å². The van der Waals surface area contributed by atoms with Gasteiger partial charge in [-0.1, -0.05) is 50.5 Å². The Morgan fingerprint density at radius 2 is 1.57 bits per heavy atom. The van der Waals surface area contributed by atoms with Crippen molar-refractivity contribution < 1.29 is 14.4 Å². The number of rotatable bonds is 9. The molecule has 0 spiro atoms. The number of hydrogen-bond donors (Lipinski definition) is 1. The predicted molar refractivity (Wildman–Crippen MR) is 193 cm³/mol. The molecule has 0 aromatic heterocycles. The van der Waals surface area contributed by atoms with Crippen molar-refractivity contribution in [3.8, 4) is 5.97 Å².